The first-order valence-corrected chi connectivity index (χ1v) is 6.68. The van der Waals surface area contributed by atoms with Gasteiger partial charge in [0.1, 0.15) is 0 Å². The van der Waals surface area contributed by atoms with E-state index in [1.54, 1.807) is 0 Å². The van der Waals surface area contributed by atoms with Gasteiger partial charge in [0.05, 0.1) is 11.4 Å². The van der Waals surface area contributed by atoms with Gasteiger partial charge >= 0.3 is 6.09 Å². The van der Waals surface area contributed by atoms with Crippen molar-refractivity contribution >= 4 is 17.5 Å². The van der Waals surface area contributed by atoms with Crippen LogP contribution in [0, 0.1) is 0 Å². The van der Waals surface area contributed by atoms with Crippen molar-refractivity contribution in [2.75, 3.05) is 0 Å². The van der Waals surface area contributed by atoms with Gasteiger partial charge in [-0.05, 0) is 43.2 Å². The molecule has 0 saturated carbocycles. The zero-order chi connectivity index (χ0) is 15.1. The number of rotatable bonds is 5. The van der Waals surface area contributed by atoms with E-state index >= 15 is 0 Å². The predicted molar refractivity (Wildman–Crippen MR) is 81.4 cm³/mol. The monoisotopic (exact) mass is 283 g/mol. The van der Waals surface area contributed by atoms with Crippen LogP contribution in [0.4, 0.5) is 16.2 Å². The van der Waals surface area contributed by atoms with Gasteiger partial charge in [-0.2, -0.15) is 10.2 Å². The van der Waals surface area contributed by atoms with E-state index in [1.807, 2.05) is 61.5 Å². The van der Waals surface area contributed by atoms with Gasteiger partial charge in [-0.15, -0.1) is 0 Å². The molecule has 2 aromatic carbocycles. The Balaban J connectivity index is 1.96. The third-order valence-electron chi connectivity index (χ3n) is 2.89. The number of nitrogens with zero attached hydrogens (tertiary/aromatic N) is 2. The Morgan fingerprint density at radius 2 is 1.62 bits per heavy atom. The van der Waals surface area contributed by atoms with E-state index in [9.17, 15) is 4.79 Å². The molecule has 108 valence electrons. The van der Waals surface area contributed by atoms with Crippen LogP contribution in [0.15, 0.2) is 64.8 Å². The topological polar surface area (TPSA) is 74.0 Å². The van der Waals surface area contributed by atoms with Crippen LogP contribution in [0.3, 0.4) is 0 Å². The Kier molecular flexibility index (Phi) is 5.04. The number of benzene rings is 2. The van der Waals surface area contributed by atoms with Gasteiger partial charge in [0, 0.05) is 6.04 Å². The van der Waals surface area contributed by atoms with Crippen molar-refractivity contribution in [1.29, 1.82) is 0 Å². The van der Waals surface area contributed by atoms with Gasteiger partial charge < -0.3 is 10.4 Å². The van der Waals surface area contributed by atoms with E-state index in [0.29, 0.717) is 6.42 Å². The molecule has 0 aliphatic heterocycles. The first kappa shape index (κ1) is 14.7. The fraction of sp³-hybridized carbons (Fsp3) is 0.188. The van der Waals surface area contributed by atoms with E-state index in [1.165, 1.54) is 0 Å². The molecule has 0 saturated heterocycles. The molecule has 0 spiro atoms. The quantitative estimate of drug-likeness (QED) is 0.803. The highest BCUT2D eigenvalue weighted by atomic mass is 16.4. The maximum absolute atomic E-state index is 10.5. The highest BCUT2D eigenvalue weighted by Gasteiger charge is 2.06. The molecular weight excluding hydrogens is 266 g/mol. The van der Waals surface area contributed by atoms with Crippen LogP contribution in [0.2, 0.25) is 0 Å². The summed E-state index contributed by atoms with van der Waals surface area (Å²) in [6, 6.07) is 17.0. The molecule has 2 aromatic rings. The minimum absolute atomic E-state index is 0.126. The van der Waals surface area contributed by atoms with Crippen LogP contribution >= 0.6 is 0 Å². The summed E-state index contributed by atoms with van der Waals surface area (Å²) in [6.45, 7) is 1.83. The maximum Gasteiger partial charge on any atom is 0.404 e. The summed E-state index contributed by atoms with van der Waals surface area (Å²) in [5.41, 5.74) is 2.62. The van der Waals surface area contributed by atoms with Gasteiger partial charge in [-0.1, -0.05) is 30.3 Å². The Morgan fingerprint density at radius 1 is 1.05 bits per heavy atom. The maximum atomic E-state index is 10.5. The highest BCUT2D eigenvalue weighted by molar-refractivity contribution is 5.64. The van der Waals surface area contributed by atoms with Crippen molar-refractivity contribution in [3.8, 4) is 0 Å². The molecule has 21 heavy (non-hydrogen) atoms. The standard InChI is InChI=1S/C16H17N3O2/c1-12(17-16(20)21)11-13-7-9-15(10-8-13)19-18-14-5-3-2-4-6-14/h2-10,12,17H,11H2,1H3,(H,20,21). The predicted octanol–water partition coefficient (Wildman–Crippen LogP) is 4.30. The van der Waals surface area contributed by atoms with Crippen LogP contribution in [0.1, 0.15) is 12.5 Å². The smallest absolute Gasteiger partial charge is 0.404 e. The van der Waals surface area contributed by atoms with Crippen molar-refractivity contribution in [3.05, 3.63) is 60.2 Å². The summed E-state index contributed by atoms with van der Waals surface area (Å²) in [5, 5.41) is 19.4. The molecule has 0 bridgehead atoms. The Labute approximate surface area is 123 Å². The molecule has 1 unspecified atom stereocenters. The lowest BCUT2D eigenvalue weighted by molar-refractivity contribution is 0.190. The number of carbonyl (C=O) groups is 1. The second kappa shape index (κ2) is 7.19. The Bertz CT molecular complexity index is 609. The molecule has 1 atom stereocenters. The molecule has 0 aromatic heterocycles. The molecule has 5 heteroatoms. The fourth-order valence-corrected chi connectivity index (χ4v) is 1.92. The average Bonchev–Trinajstić information content (AvgIpc) is 2.47. The first-order chi connectivity index (χ1) is 10.1. The van der Waals surface area contributed by atoms with Crippen molar-refractivity contribution in [1.82, 2.24) is 5.32 Å². The van der Waals surface area contributed by atoms with Gasteiger partial charge in [-0.3, -0.25) is 0 Å². The first-order valence-electron chi connectivity index (χ1n) is 6.68. The third kappa shape index (κ3) is 5.06. The van der Waals surface area contributed by atoms with Crippen molar-refractivity contribution in [2.45, 2.75) is 19.4 Å². The van der Waals surface area contributed by atoms with Gasteiger partial charge in [0.25, 0.3) is 0 Å². The van der Waals surface area contributed by atoms with Gasteiger partial charge in [-0.25, -0.2) is 4.79 Å². The second-order valence-corrected chi connectivity index (χ2v) is 4.76. The lowest BCUT2D eigenvalue weighted by Crippen LogP contribution is -2.32. The fourth-order valence-electron chi connectivity index (χ4n) is 1.92. The molecule has 2 N–H and O–H groups in total. The summed E-state index contributed by atoms with van der Waals surface area (Å²) < 4.78 is 0. The molecule has 0 radical (unpaired) electrons. The van der Waals surface area contributed by atoms with E-state index in [-0.39, 0.29) is 6.04 Å². The molecule has 0 aliphatic carbocycles. The number of hydrogen-bond acceptors (Lipinski definition) is 3. The number of hydrogen-bond donors (Lipinski definition) is 2. The highest BCUT2D eigenvalue weighted by Crippen LogP contribution is 2.18. The zero-order valence-corrected chi connectivity index (χ0v) is 11.7. The van der Waals surface area contributed by atoms with E-state index in [4.69, 9.17) is 5.11 Å². The summed E-state index contributed by atoms with van der Waals surface area (Å²) in [4.78, 5) is 10.5. The van der Waals surface area contributed by atoms with E-state index < -0.39 is 6.09 Å². The second-order valence-electron chi connectivity index (χ2n) is 4.76. The van der Waals surface area contributed by atoms with Crippen molar-refractivity contribution < 1.29 is 9.90 Å². The molecular formula is C16H17N3O2. The summed E-state index contributed by atoms with van der Waals surface area (Å²) in [7, 11) is 0. The average molecular weight is 283 g/mol. The summed E-state index contributed by atoms with van der Waals surface area (Å²) in [6.07, 6.45) is -0.363. The van der Waals surface area contributed by atoms with Crippen LogP contribution < -0.4 is 5.32 Å². The SMILES string of the molecule is CC(Cc1ccc(N=Nc2ccccc2)cc1)NC(=O)O. The lowest BCUT2D eigenvalue weighted by atomic mass is 10.1. The molecule has 0 aliphatic rings. The zero-order valence-electron chi connectivity index (χ0n) is 11.7. The number of nitrogens with one attached hydrogen (secondary N) is 1. The van der Waals surface area contributed by atoms with Crippen LogP contribution in [0.25, 0.3) is 0 Å². The van der Waals surface area contributed by atoms with E-state index in [0.717, 1.165) is 16.9 Å². The minimum Gasteiger partial charge on any atom is -0.465 e. The minimum atomic E-state index is -1.00. The van der Waals surface area contributed by atoms with E-state index in [2.05, 4.69) is 15.5 Å². The van der Waals surface area contributed by atoms with Crippen LogP contribution in [-0.4, -0.2) is 17.2 Å². The van der Waals surface area contributed by atoms with Crippen molar-refractivity contribution in [2.24, 2.45) is 10.2 Å². The molecule has 0 fully saturated rings. The number of amides is 1. The van der Waals surface area contributed by atoms with Gasteiger partial charge in [0.2, 0.25) is 0 Å². The number of carboxylic acid groups (broad SMARTS) is 1. The third-order valence-corrected chi connectivity index (χ3v) is 2.89. The lowest BCUT2D eigenvalue weighted by Gasteiger charge is -2.10. The Morgan fingerprint density at radius 3 is 2.19 bits per heavy atom. The molecule has 2 rings (SSSR count). The molecule has 5 nitrogen and oxygen atoms in total. The van der Waals surface area contributed by atoms with Crippen LogP contribution in [0.5, 0.6) is 0 Å². The Hall–Kier alpha value is -2.69. The molecule has 1 amide bonds. The summed E-state index contributed by atoms with van der Waals surface area (Å²) >= 11 is 0. The van der Waals surface area contributed by atoms with Crippen molar-refractivity contribution in [3.63, 3.8) is 0 Å². The van der Waals surface area contributed by atoms with Crippen LogP contribution in [-0.2, 0) is 6.42 Å². The largest absolute Gasteiger partial charge is 0.465 e. The molecule has 0 heterocycles. The normalized spacial score (nSPS) is 12.2. The van der Waals surface area contributed by atoms with Gasteiger partial charge in [0.15, 0.2) is 0 Å². The number of azo groups is 1. The summed E-state index contributed by atoms with van der Waals surface area (Å²) in [5.74, 6) is 0.